The van der Waals surface area contributed by atoms with Crippen LogP contribution in [-0.4, -0.2) is 44.2 Å². The minimum absolute atomic E-state index is 0.114. The summed E-state index contributed by atoms with van der Waals surface area (Å²) in [5.74, 6) is -1.00. The Bertz CT molecular complexity index is 1030. The summed E-state index contributed by atoms with van der Waals surface area (Å²) >= 11 is 0. The third-order valence-corrected chi connectivity index (χ3v) is 5.84. The van der Waals surface area contributed by atoms with Crippen LogP contribution in [0.25, 0.3) is 0 Å². The molecule has 1 aliphatic heterocycles. The number of halogens is 2. The van der Waals surface area contributed by atoms with Gasteiger partial charge in [-0.15, -0.1) is 0 Å². The first-order valence-electron chi connectivity index (χ1n) is 10.4. The third-order valence-electron chi connectivity index (χ3n) is 5.84. The normalized spacial score (nSPS) is 14.6. The smallest absolute Gasteiger partial charge is 0.337 e. The van der Waals surface area contributed by atoms with Crippen LogP contribution in [0.5, 0.6) is 0 Å². The van der Waals surface area contributed by atoms with Crippen LogP contribution in [0.2, 0.25) is 0 Å². The summed E-state index contributed by atoms with van der Waals surface area (Å²) in [6.07, 6.45) is 0. The monoisotopic (exact) mass is 437 g/mol. The van der Waals surface area contributed by atoms with Crippen molar-refractivity contribution < 1.29 is 18.3 Å². The van der Waals surface area contributed by atoms with Crippen LogP contribution >= 0.6 is 0 Å². The number of hydrogen-bond donors (Lipinski definition) is 1. The molecule has 5 nitrogen and oxygen atoms in total. The fraction of sp³-hybridized carbons (Fsp3) is 0.240. The van der Waals surface area contributed by atoms with E-state index in [0.29, 0.717) is 11.3 Å². The van der Waals surface area contributed by atoms with E-state index in [4.69, 9.17) is 10.5 Å². The summed E-state index contributed by atoms with van der Waals surface area (Å²) in [6.45, 7) is 2.91. The number of benzene rings is 3. The number of methoxy groups -OCH3 is 1. The highest BCUT2D eigenvalue weighted by Crippen LogP contribution is 2.32. The Hall–Kier alpha value is -3.45. The molecule has 0 atom stereocenters. The van der Waals surface area contributed by atoms with Gasteiger partial charge in [-0.25, -0.2) is 13.6 Å². The maximum Gasteiger partial charge on any atom is 0.337 e. The van der Waals surface area contributed by atoms with E-state index in [1.807, 2.05) is 6.07 Å². The molecule has 1 heterocycles. The molecule has 7 heteroatoms. The van der Waals surface area contributed by atoms with E-state index in [2.05, 4.69) is 9.80 Å². The summed E-state index contributed by atoms with van der Waals surface area (Å²) < 4.78 is 31.8. The van der Waals surface area contributed by atoms with Crippen molar-refractivity contribution in [1.82, 2.24) is 4.90 Å². The molecule has 1 saturated heterocycles. The number of nitrogens with zero attached hydrogens (tertiary/aromatic N) is 2. The third kappa shape index (κ3) is 4.57. The van der Waals surface area contributed by atoms with Crippen LogP contribution < -0.4 is 10.6 Å². The predicted molar refractivity (Wildman–Crippen MR) is 121 cm³/mol. The molecule has 0 aliphatic carbocycles. The summed E-state index contributed by atoms with van der Waals surface area (Å²) in [7, 11) is 1.34. The van der Waals surface area contributed by atoms with Gasteiger partial charge in [-0.05, 0) is 53.6 Å². The van der Waals surface area contributed by atoms with Gasteiger partial charge >= 0.3 is 5.97 Å². The van der Waals surface area contributed by atoms with Gasteiger partial charge in [-0.3, -0.25) is 4.90 Å². The molecule has 4 rings (SSSR count). The Labute approximate surface area is 186 Å². The zero-order valence-corrected chi connectivity index (χ0v) is 17.8. The number of nitrogen functional groups attached to an aromatic ring is 1. The molecule has 3 aromatic rings. The van der Waals surface area contributed by atoms with Crippen LogP contribution in [0.4, 0.5) is 20.2 Å². The molecular formula is C25H25F2N3O2. The number of piperazine rings is 1. The number of esters is 1. The second kappa shape index (κ2) is 9.36. The largest absolute Gasteiger partial charge is 0.465 e. The minimum atomic E-state index is -0.422. The van der Waals surface area contributed by atoms with Gasteiger partial charge in [0.15, 0.2) is 0 Å². The number of carbonyl (C=O) groups is 1. The van der Waals surface area contributed by atoms with Crippen molar-refractivity contribution in [2.45, 2.75) is 6.04 Å². The number of ether oxygens (including phenoxy) is 1. The zero-order chi connectivity index (χ0) is 22.7. The maximum absolute atomic E-state index is 13.5. The number of anilines is 2. The molecule has 0 saturated carbocycles. The Kier molecular flexibility index (Phi) is 6.37. The average molecular weight is 437 g/mol. The van der Waals surface area contributed by atoms with Gasteiger partial charge in [0.25, 0.3) is 0 Å². The van der Waals surface area contributed by atoms with Crippen LogP contribution in [0.15, 0.2) is 66.7 Å². The Morgan fingerprint density at radius 1 is 0.875 bits per heavy atom. The highest BCUT2D eigenvalue weighted by molar-refractivity contribution is 5.92. The Morgan fingerprint density at radius 3 is 1.88 bits per heavy atom. The van der Waals surface area contributed by atoms with E-state index >= 15 is 0 Å². The molecule has 3 aromatic carbocycles. The highest BCUT2D eigenvalue weighted by Gasteiger charge is 2.27. The second-order valence-electron chi connectivity index (χ2n) is 7.79. The standard InChI is InChI=1S/C25H25F2N3O2/c1-32-25(31)19-6-11-23(22(28)16-19)29-12-14-30(15-13-29)24(17-2-7-20(26)8-3-17)18-4-9-21(27)10-5-18/h2-11,16,24H,12-15,28H2,1H3. The van der Waals surface area contributed by atoms with E-state index in [1.54, 1.807) is 36.4 Å². The maximum atomic E-state index is 13.5. The fourth-order valence-electron chi connectivity index (χ4n) is 4.21. The zero-order valence-electron chi connectivity index (χ0n) is 17.8. The van der Waals surface area contributed by atoms with E-state index < -0.39 is 5.97 Å². The second-order valence-corrected chi connectivity index (χ2v) is 7.79. The summed E-state index contributed by atoms with van der Waals surface area (Å²) in [5.41, 5.74) is 9.93. The number of carbonyl (C=O) groups excluding carboxylic acids is 1. The van der Waals surface area contributed by atoms with Crippen LogP contribution in [0.1, 0.15) is 27.5 Å². The van der Waals surface area contributed by atoms with Gasteiger partial charge in [-0.2, -0.15) is 0 Å². The molecule has 1 aliphatic rings. The summed E-state index contributed by atoms with van der Waals surface area (Å²) in [4.78, 5) is 16.2. The van der Waals surface area contributed by atoms with Crippen LogP contribution in [-0.2, 0) is 4.74 Å². The lowest BCUT2D eigenvalue weighted by molar-refractivity contribution is 0.0601. The van der Waals surface area contributed by atoms with Crippen molar-refractivity contribution in [3.05, 3.63) is 95.1 Å². The van der Waals surface area contributed by atoms with Gasteiger partial charge in [-0.1, -0.05) is 24.3 Å². The first kappa shape index (κ1) is 21.8. The van der Waals surface area contributed by atoms with Crippen LogP contribution in [0, 0.1) is 11.6 Å². The molecule has 166 valence electrons. The number of rotatable bonds is 5. The lowest BCUT2D eigenvalue weighted by Gasteiger charge is -2.41. The molecule has 0 aromatic heterocycles. The molecule has 0 amide bonds. The quantitative estimate of drug-likeness (QED) is 0.478. The Morgan fingerprint density at radius 2 is 1.41 bits per heavy atom. The van der Waals surface area contributed by atoms with Gasteiger partial charge in [0, 0.05) is 26.2 Å². The fourth-order valence-corrected chi connectivity index (χ4v) is 4.21. The molecule has 32 heavy (non-hydrogen) atoms. The van der Waals surface area contributed by atoms with Gasteiger partial charge in [0.1, 0.15) is 11.6 Å². The molecule has 0 unspecified atom stereocenters. The minimum Gasteiger partial charge on any atom is -0.465 e. The van der Waals surface area contributed by atoms with E-state index in [0.717, 1.165) is 43.0 Å². The van der Waals surface area contributed by atoms with Crippen molar-refractivity contribution >= 4 is 17.3 Å². The van der Waals surface area contributed by atoms with Crippen LogP contribution in [0.3, 0.4) is 0 Å². The molecular weight excluding hydrogens is 412 g/mol. The van der Waals surface area contributed by atoms with E-state index in [9.17, 15) is 13.6 Å². The number of hydrogen-bond acceptors (Lipinski definition) is 5. The summed E-state index contributed by atoms with van der Waals surface area (Å²) in [6, 6.07) is 18.0. The molecule has 0 radical (unpaired) electrons. The van der Waals surface area contributed by atoms with E-state index in [-0.39, 0.29) is 17.7 Å². The van der Waals surface area contributed by atoms with Crippen molar-refractivity contribution in [2.24, 2.45) is 0 Å². The van der Waals surface area contributed by atoms with Gasteiger partial charge in [0.2, 0.25) is 0 Å². The van der Waals surface area contributed by atoms with Crippen molar-refractivity contribution in [1.29, 1.82) is 0 Å². The first-order chi connectivity index (χ1) is 15.5. The Balaban J connectivity index is 1.54. The van der Waals surface area contributed by atoms with Crippen molar-refractivity contribution in [3.63, 3.8) is 0 Å². The molecule has 0 bridgehead atoms. The highest BCUT2D eigenvalue weighted by atomic mass is 19.1. The molecule has 0 spiro atoms. The van der Waals surface area contributed by atoms with Crippen molar-refractivity contribution in [3.8, 4) is 0 Å². The number of nitrogens with two attached hydrogens (primary N) is 1. The average Bonchev–Trinajstić information content (AvgIpc) is 2.81. The SMILES string of the molecule is COC(=O)c1ccc(N2CCN(C(c3ccc(F)cc3)c3ccc(F)cc3)CC2)c(N)c1. The van der Waals surface area contributed by atoms with Gasteiger partial charge in [0.05, 0.1) is 30.1 Å². The predicted octanol–water partition coefficient (Wildman–Crippen LogP) is 4.25. The first-order valence-corrected chi connectivity index (χ1v) is 10.4. The lowest BCUT2D eigenvalue weighted by Crippen LogP contribution is -2.48. The summed E-state index contributed by atoms with van der Waals surface area (Å²) in [5, 5.41) is 0. The van der Waals surface area contributed by atoms with Gasteiger partial charge < -0.3 is 15.4 Å². The molecule has 2 N–H and O–H groups in total. The topological polar surface area (TPSA) is 58.8 Å². The van der Waals surface area contributed by atoms with Crippen molar-refractivity contribution in [2.75, 3.05) is 43.9 Å². The molecule has 1 fully saturated rings. The van der Waals surface area contributed by atoms with E-state index in [1.165, 1.54) is 31.4 Å². The lowest BCUT2D eigenvalue weighted by atomic mass is 9.96.